The maximum Gasteiger partial charge on any atom is 0.245 e. The number of rotatable bonds is 4. The Balaban J connectivity index is 2.25. The van der Waals surface area contributed by atoms with Crippen molar-refractivity contribution in [2.24, 2.45) is 0 Å². The van der Waals surface area contributed by atoms with Crippen LogP contribution < -0.4 is 0 Å². The van der Waals surface area contributed by atoms with E-state index < -0.39 is 33.9 Å². The number of fused-ring (bicyclic) bond motifs is 1. The molecule has 0 spiro atoms. The third-order valence-corrected chi connectivity index (χ3v) is 4.75. The third-order valence-electron chi connectivity index (χ3n) is 4.39. The second kappa shape index (κ2) is 7.05. The zero-order valence-corrected chi connectivity index (χ0v) is 16.0. The lowest BCUT2D eigenvalue weighted by molar-refractivity contribution is -0.113. The number of benzene rings is 1. The molecule has 1 heterocycles. The van der Waals surface area contributed by atoms with Gasteiger partial charge in [-0.2, -0.15) is 0 Å². The van der Waals surface area contributed by atoms with Crippen LogP contribution in [0.4, 0.5) is 0 Å². The van der Waals surface area contributed by atoms with Gasteiger partial charge in [0, 0.05) is 5.56 Å². The van der Waals surface area contributed by atoms with Crippen LogP contribution in [-0.4, -0.2) is 28.2 Å². The summed E-state index contributed by atoms with van der Waals surface area (Å²) in [4.78, 5) is 49.8. The van der Waals surface area contributed by atoms with Gasteiger partial charge in [0.05, 0.1) is 22.3 Å². The van der Waals surface area contributed by atoms with Crippen molar-refractivity contribution in [3.8, 4) is 0 Å². The molecule has 0 saturated carbocycles. The van der Waals surface area contributed by atoms with Crippen molar-refractivity contribution in [3.63, 3.8) is 0 Å². The molecule has 1 aromatic heterocycles. The number of aliphatic hydroxyl groups excluding tert-OH is 1. The van der Waals surface area contributed by atoms with Crippen molar-refractivity contribution in [1.82, 2.24) is 0 Å². The number of aryl methyl sites for hydroxylation is 1. The maximum absolute atomic E-state index is 12.9. The molecule has 1 N–H and O–H groups in total. The topological polar surface area (TPSA) is 102 Å². The number of Topliss-reactive ketones (excluding diaryl/α,β-unsaturated/α-hetero) is 3. The molecule has 0 bridgehead atoms. The van der Waals surface area contributed by atoms with Crippen molar-refractivity contribution in [2.75, 3.05) is 0 Å². The van der Waals surface area contributed by atoms with E-state index in [1.807, 2.05) is 6.92 Å². The van der Waals surface area contributed by atoms with E-state index in [4.69, 9.17) is 16.0 Å². The van der Waals surface area contributed by atoms with E-state index in [2.05, 4.69) is 0 Å². The normalized spacial score (nSPS) is 14.7. The molecule has 0 unspecified atom stereocenters. The molecule has 0 saturated heterocycles. The van der Waals surface area contributed by atoms with Crippen LogP contribution in [0.3, 0.4) is 0 Å². The largest absolute Gasteiger partial charge is 0.512 e. The van der Waals surface area contributed by atoms with Crippen LogP contribution in [-0.2, 0) is 9.59 Å². The molecule has 28 heavy (non-hydrogen) atoms. The van der Waals surface area contributed by atoms with Gasteiger partial charge in [-0.15, -0.1) is 0 Å². The van der Waals surface area contributed by atoms with Gasteiger partial charge in [0.25, 0.3) is 0 Å². The highest BCUT2D eigenvalue weighted by Crippen LogP contribution is 2.40. The third kappa shape index (κ3) is 3.01. The Bertz CT molecular complexity index is 1110. The minimum Gasteiger partial charge on any atom is -0.512 e. The van der Waals surface area contributed by atoms with E-state index in [9.17, 15) is 24.3 Å². The number of hydrogen-bond acceptors (Lipinski definition) is 6. The van der Waals surface area contributed by atoms with Crippen molar-refractivity contribution in [2.45, 2.75) is 20.8 Å². The van der Waals surface area contributed by atoms with Crippen molar-refractivity contribution in [3.05, 3.63) is 74.9 Å². The van der Waals surface area contributed by atoms with Gasteiger partial charge in [-0.1, -0.05) is 41.4 Å². The van der Waals surface area contributed by atoms with E-state index in [1.54, 1.807) is 24.3 Å². The monoisotopic (exact) mass is 398 g/mol. The Hall–Kier alpha value is -3.25. The van der Waals surface area contributed by atoms with Crippen LogP contribution in [0.1, 0.15) is 51.5 Å². The lowest BCUT2D eigenvalue weighted by Gasteiger charge is -2.16. The van der Waals surface area contributed by atoms with Crippen LogP contribution >= 0.6 is 11.6 Å². The van der Waals surface area contributed by atoms with Crippen molar-refractivity contribution < 1.29 is 28.7 Å². The molecule has 2 aromatic rings. The summed E-state index contributed by atoms with van der Waals surface area (Å²) >= 11 is 6.03. The van der Waals surface area contributed by atoms with Gasteiger partial charge in [-0.3, -0.25) is 19.2 Å². The van der Waals surface area contributed by atoms with Gasteiger partial charge >= 0.3 is 0 Å². The molecule has 142 valence electrons. The number of carbonyl (C=O) groups is 4. The number of allylic oxidation sites excluding steroid dienone is 4. The molecular formula is C21H15ClO6. The Morgan fingerprint density at radius 2 is 1.64 bits per heavy atom. The Labute approximate surface area is 165 Å². The lowest BCUT2D eigenvalue weighted by atomic mass is 9.86. The molecule has 0 amide bonds. The zero-order chi connectivity index (χ0) is 20.7. The molecule has 6 nitrogen and oxygen atoms in total. The number of carbonyl (C=O) groups excluding carboxylic acids is 4. The number of hydrogen-bond donors (Lipinski definition) is 1. The smallest absolute Gasteiger partial charge is 0.245 e. The molecule has 1 aliphatic carbocycles. The summed E-state index contributed by atoms with van der Waals surface area (Å²) in [7, 11) is 0. The first kappa shape index (κ1) is 19.5. The van der Waals surface area contributed by atoms with Gasteiger partial charge in [0.15, 0.2) is 11.6 Å². The van der Waals surface area contributed by atoms with Crippen LogP contribution in [0.15, 0.2) is 51.3 Å². The molecule has 0 atom stereocenters. The summed E-state index contributed by atoms with van der Waals surface area (Å²) in [5, 5.41) is 9.37. The molecule has 0 fully saturated rings. The summed E-state index contributed by atoms with van der Waals surface area (Å²) in [6.45, 7) is 4.28. The number of ketones is 4. The summed E-state index contributed by atoms with van der Waals surface area (Å²) < 4.78 is 5.40. The minimum atomic E-state index is -1.08. The fourth-order valence-electron chi connectivity index (χ4n) is 3.06. The summed E-state index contributed by atoms with van der Waals surface area (Å²) in [5.74, 6) is -3.77. The predicted molar refractivity (Wildman–Crippen MR) is 101 cm³/mol. The van der Waals surface area contributed by atoms with Crippen LogP contribution in [0.2, 0.25) is 0 Å². The number of furan rings is 1. The highest BCUT2D eigenvalue weighted by molar-refractivity contribution is 6.65. The molecule has 0 radical (unpaired) electrons. The average Bonchev–Trinajstić information content (AvgIpc) is 3.07. The number of aliphatic hydroxyl groups is 1. The second-order valence-electron chi connectivity index (χ2n) is 6.41. The SMILES string of the molecule is CC(=O)C(=C(C)O)C1=C(Cl)C(=O)C(=O)c2c(C(=O)c3ccc(C)cc3)coc21. The second-order valence-corrected chi connectivity index (χ2v) is 6.79. The summed E-state index contributed by atoms with van der Waals surface area (Å²) in [6, 6.07) is 6.66. The maximum atomic E-state index is 12.9. The first-order valence-electron chi connectivity index (χ1n) is 8.28. The van der Waals surface area contributed by atoms with Gasteiger partial charge < -0.3 is 9.52 Å². The lowest BCUT2D eigenvalue weighted by Crippen LogP contribution is -2.24. The number of halogens is 1. The Morgan fingerprint density at radius 3 is 2.18 bits per heavy atom. The van der Waals surface area contributed by atoms with E-state index in [0.29, 0.717) is 5.56 Å². The summed E-state index contributed by atoms with van der Waals surface area (Å²) in [6.07, 6.45) is 1.05. The van der Waals surface area contributed by atoms with Gasteiger partial charge in [-0.05, 0) is 20.8 Å². The highest BCUT2D eigenvalue weighted by Gasteiger charge is 2.40. The fraction of sp³-hybridized carbons (Fsp3) is 0.143. The Morgan fingerprint density at radius 1 is 1.04 bits per heavy atom. The quantitative estimate of drug-likeness (QED) is 0.362. The van der Waals surface area contributed by atoms with Crippen molar-refractivity contribution in [1.29, 1.82) is 0 Å². The van der Waals surface area contributed by atoms with E-state index in [0.717, 1.165) is 11.8 Å². The minimum absolute atomic E-state index is 0.114. The molecule has 3 rings (SSSR count). The van der Waals surface area contributed by atoms with E-state index in [-0.39, 0.29) is 28.0 Å². The summed E-state index contributed by atoms with van der Waals surface area (Å²) in [5.41, 5.74) is 0.417. The standard InChI is InChI=1S/C21H15ClO6/c1-9-4-6-12(7-5-9)18(25)13-8-28-21-15(13)19(26)20(27)17(22)16(21)14(10(2)23)11(3)24/h4-8,23H,1-3H3. The molecule has 1 aliphatic rings. The fourth-order valence-corrected chi connectivity index (χ4v) is 3.32. The van der Waals surface area contributed by atoms with E-state index in [1.165, 1.54) is 13.8 Å². The van der Waals surface area contributed by atoms with Gasteiger partial charge in [0.1, 0.15) is 22.8 Å². The van der Waals surface area contributed by atoms with Crippen LogP contribution in [0, 0.1) is 6.92 Å². The molecule has 1 aromatic carbocycles. The van der Waals surface area contributed by atoms with E-state index >= 15 is 0 Å². The predicted octanol–water partition coefficient (Wildman–Crippen LogP) is 3.96. The highest BCUT2D eigenvalue weighted by atomic mass is 35.5. The molecular weight excluding hydrogens is 384 g/mol. The van der Waals surface area contributed by atoms with Gasteiger partial charge in [0.2, 0.25) is 11.6 Å². The Kier molecular flexibility index (Phi) is 4.91. The first-order valence-corrected chi connectivity index (χ1v) is 8.66. The first-order chi connectivity index (χ1) is 13.1. The van der Waals surface area contributed by atoms with Gasteiger partial charge in [-0.25, -0.2) is 0 Å². The molecule has 7 heteroatoms. The zero-order valence-electron chi connectivity index (χ0n) is 15.3. The van der Waals surface area contributed by atoms with Crippen LogP contribution in [0.25, 0.3) is 5.57 Å². The van der Waals surface area contributed by atoms with Crippen molar-refractivity contribution >= 4 is 40.3 Å². The van der Waals surface area contributed by atoms with Crippen LogP contribution in [0.5, 0.6) is 0 Å². The molecule has 0 aliphatic heterocycles. The average molecular weight is 399 g/mol.